The average Bonchev–Trinajstić information content (AvgIpc) is 3.58. The molecule has 9 heteroatoms. The molecule has 0 N–H and O–H groups in total. The van der Waals surface area contributed by atoms with E-state index in [1.807, 2.05) is 12.1 Å². The summed E-state index contributed by atoms with van der Waals surface area (Å²) in [6.45, 7) is 1.44. The highest BCUT2D eigenvalue weighted by Crippen LogP contribution is 2.40. The van der Waals surface area contributed by atoms with E-state index in [0.717, 1.165) is 50.7 Å². The number of nitrogens with zero attached hydrogens (tertiary/aromatic N) is 1. The van der Waals surface area contributed by atoms with Crippen molar-refractivity contribution in [2.24, 2.45) is 0 Å². The molecule has 2 aromatic rings. The molecule has 2 aliphatic rings. The summed E-state index contributed by atoms with van der Waals surface area (Å²) in [4.78, 5) is 0. The van der Waals surface area contributed by atoms with Crippen molar-refractivity contribution in [2.75, 3.05) is 27.4 Å². The Kier molecular flexibility index (Phi) is 7.60. The van der Waals surface area contributed by atoms with Crippen molar-refractivity contribution in [3.63, 3.8) is 0 Å². The number of methoxy groups -OCH3 is 2. The van der Waals surface area contributed by atoms with Gasteiger partial charge in [-0.1, -0.05) is 18.9 Å². The zero-order valence-electron chi connectivity index (χ0n) is 18.6. The first-order chi connectivity index (χ1) is 15.5. The lowest BCUT2D eigenvalue weighted by atomic mass is 10.1. The molecule has 1 atom stereocenters. The maximum absolute atomic E-state index is 13.4. The van der Waals surface area contributed by atoms with Gasteiger partial charge in [0.15, 0.2) is 11.5 Å². The third kappa shape index (κ3) is 5.06. The molecule has 1 aromatic heterocycles. The van der Waals surface area contributed by atoms with Gasteiger partial charge in [0, 0.05) is 19.2 Å². The Labute approximate surface area is 194 Å². The number of rotatable bonds is 10. The molecule has 0 bridgehead atoms. The third-order valence-electron chi connectivity index (χ3n) is 6.09. The van der Waals surface area contributed by atoms with Crippen molar-refractivity contribution in [3.8, 4) is 17.2 Å². The van der Waals surface area contributed by atoms with Crippen molar-refractivity contribution in [3.05, 3.63) is 35.2 Å². The van der Waals surface area contributed by atoms with Crippen LogP contribution in [0, 0.1) is 0 Å². The molecular weight excluding hydrogens is 450 g/mol. The fourth-order valence-corrected chi connectivity index (χ4v) is 7.22. The summed E-state index contributed by atoms with van der Waals surface area (Å²) in [7, 11) is -0.432. The van der Waals surface area contributed by atoms with Gasteiger partial charge in [0.25, 0.3) is 10.0 Å². The molecule has 2 heterocycles. The van der Waals surface area contributed by atoms with E-state index in [9.17, 15) is 8.42 Å². The van der Waals surface area contributed by atoms with Crippen LogP contribution in [0.5, 0.6) is 17.2 Å². The number of ether oxygens (including phenoxy) is 4. The van der Waals surface area contributed by atoms with Crippen LogP contribution in [-0.4, -0.2) is 52.3 Å². The standard InChI is InChI=1S/C23H31NO6S2/c1-27-20-13-17(14-21(28-2)23(20)30-16-19-9-5-11-29-19)15-24(18-7-3-4-8-18)32(25,26)22-10-6-12-31-22/h6,10,12-14,18-19H,3-5,7-9,11,15-16H2,1-2H3/t19-/m0/s1. The molecule has 0 unspecified atom stereocenters. The Bertz CT molecular complexity index is 955. The van der Waals surface area contributed by atoms with Gasteiger partial charge in [-0.2, -0.15) is 4.31 Å². The van der Waals surface area contributed by atoms with Crippen LogP contribution in [0.15, 0.2) is 33.9 Å². The first-order valence-corrected chi connectivity index (χ1v) is 13.4. The minimum absolute atomic E-state index is 0.00506. The lowest BCUT2D eigenvalue weighted by Crippen LogP contribution is -2.37. The van der Waals surface area contributed by atoms with Crippen LogP contribution >= 0.6 is 11.3 Å². The zero-order valence-corrected chi connectivity index (χ0v) is 20.3. The van der Waals surface area contributed by atoms with Gasteiger partial charge >= 0.3 is 0 Å². The molecule has 32 heavy (non-hydrogen) atoms. The van der Waals surface area contributed by atoms with Crippen molar-refractivity contribution in [1.29, 1.82) is 0 Å². The van der Waals surface area contributed by atoms with E-state index in [2.05, 4.69) is 0 Å². The van der Waals surface area contributed by atoms with E-state index in [-0.39, 0.29) is 18.7 Å². The normalized spacial score (nSPS) is 19.5. The molecule has 0 radical (unpaired) electrons. The lowest BCUT2D eigenvalue weighted by Gasteiger charge is -2.28. The summed E-state index contributed by atoms with van der Waals surface area (Å²) in [5.41, 5.74) is 0.801. The van der Waals surface area contributed by atoms with E-state index in [1.54, 1.807) is 36.0 Å². The summed E-state index contributed by atoms with van der Waals surface area (Å²) in [5.74, 6) is 1.57. The van der Waals surface area contributed by atoms with Crippen molar-refractivity contribution in [2.45, 2.75) is 61.4 Å². The second-order valence-electron chi connectivity index (χ2n) is 8.20. The largest absolute Gasteiger partial charge is 0.493 e. The third-order valence-corrected chi connectivity index (χ3v) is 9.36. The Morgan fingerprint density at radius 3 is 2.38 bits per heavy atom. The molecule has 4 rings (SSSR count). The zero-order chi connectivity index (χ0) is 22.6. The number of sulfonamides is 1. The van der Waals surface area contributed by atoms with Crippen LogP contribution in [0.25, 0.3) is 0 Å². The molecular formula is C23H31NO6S2. The summed E-state index contributed by atoms with van der Waals surface area (Å²) in [6.07, 6.45) is 5.92. The molecule has 1 aliphatic carbocycles. The molecule has 2 fully saturated rings. The van der Waals surface area contributed by atoms with E-state index < -0.39 is 10.0 Å². The molecule has 1 aromatic carbocycles. The Morgan fingerprint density at radius 1 is 1.09 bits per heavy atom. The van der Waals surface area contributed by atoms with Crippen molar-refractivity contribution >= 4 is 21.4 Å². The predicted octanol–water partition coefficient (Wildman–Crippen LogP) is 4.46. The molecule has 0 amide bonds. The van der Waals surface area contributed by atoms with Crippen LogP contribution in [0.4, 0.5) is 0 Å². The number of hydrogen-bond acceptors (Lipinski definition) is 7. The minimum atomic E-state index is -3.59. The van der Waals surface area contributed by atoms with Gasteiger partial charge in [0.05, 0.1) is 20.3 Å². The predicted molar refractivity (Wildman–Crippen MR) is 123 cm³/mol. The van der Waals surface area contributed by atoms with E-state index in [4.69, 9.17) is 18.9 Å². The second kappa shape index (κ2) is 10.4. The molecule has 7 nitrogen and oxygen atoms in total. The van der Waals surface area contributed by atoms with E-state index >= 15 is 0 Å². The number of thiophene rings is 1. The molecule has 0 spiro atoms. The van der Waals surface area contributed by atoms with Gasteiger partial charge in [-0.05, 0) is 54.8 Å². The van der Waals surface area contributed by atoms with Gasteiger partial charge < -0.3 is 18.9 Å². The maximum atomic E-state index is 13.4. The Balaban J connectivity index is 1.61. The molecule has 1 saturated heterocycles. The summed E-state index contributed by atoms with van der Waals surface area (Å²) >= 11 is 1.25. The first kappa shape index (κ1) is 23.4. The smallest absolute Gasteiger partial charge is 0.253 e. The van der Waals surface area contributed by atoms with E-state index in [1.165, 1.54) is 11.3 Å². The first-order valence-electron chi connectivity index (χ1n) is 11.1. The second-order valence-corrected chi connectivity index (χ2v) is 11.3. The van der Waals surface area contributed by atoms with Crippen LogP contribution < -0.4 is 14.2 Å². The van der Waals surface area contributed by atoms with Crippen molar-refractivity contribution < 1.29 is 27.4 Å². The fourth-order valence-electron chi connectivity index (χ4n) is 4.43. The SMILES string of the molecule is COc1cc(CN(C2CCCC2)S(=O)(=O)c2cccs2)cc(OC)c1OC[C@@H]1CCCO1. The van der Waals surface area contributed by atoms with Gasteiger partial charge in [-0.3, -0.25) is 0 Å². The monoisotopic (exact) mass is 481 g/mol. The molecule has 176 valence electrons. The van der Waals surface area contributed by atoms with Crippen molar-refractivity contribution in [1.82, 2.24) is 4.31 Å². The summed E-state index contributed by atoms with van der Waals surface area (Å²) in [6, 6.07) is 7.13. The Morgan fingerprint density at radius 2 is 1.81 bits per heavy atom. The van der Waals surface area contributed by atoms with Crippen LogP contribution in [0.2, 0.25) is 0 Å². The molecule has 1 aliphatic heterocycles. The number of benzene rings is 1. The van der Waals surface area contributed by atoms with Crippen LogP contribution in [0.1, 0.15) is 44.1 Å². The van der Waals surface area contributed by atoms with E-state index in [0.29, 0.717) is 28.1 Å². The minimum Gasteiger partial charge on any atom is -0.493 e. The summed E-state index contributed by atoms with van der Waals surface area (Å²) in [5, 5.41) is 1.80. The van der Waals surface area contributed by atoms with Gasteiger partial charge in [-0.25, -0.2) is 8.42 Å². The molecule has 1 saturated carbocycles. The highest BCUT2D eigenvalue weighted by molar-refractivity contribution is 7.91. The van der Waals surface area contributed by atoms with Crippen LogP contribution in [0.3, 0.4) is 0 Å². The average molecular weight is 482 g/mol. The fraction of sp³-hybridized carbons (Fsp3) is 0.565. The lowest BCUT2D eigenvalue weighted by molar-refractivity contribution is 0.0659. The van der Waals surface area contributed by atoms with Gasteiger partial charge in [0.2, 0.25) is 5.75 Å². The topological polar surface area (TPSA) is 74.3 Å². The van der Waals surface area contributed by atoms with Crippen LogP contribution in [-0.2, 0) is 21.3 Å². The van der Waals surface area contributed by atoms with Gasteiger partial charge in [0.1, 0.15) is 10.8 Å². The van der Waals surface area contributed by atoms with Gasteiger partial charge in [-0.15, -0.1) is 11.3 Å². The quantitative estimate of drug-likeness (QED) is 0.499. The summed E-state index contributed by atoms with van der Waals surface area (Å²) < 4.78 is 51.8. The highest BCUT2D eigenvalue weighted by Gasteiger charge is 2.34. The highest BCUT2D eigenvalue weighted by atomic mass is 32.2. The maximum Gasteiger partial charge on any atom is 0.253 e. The Hall–Kier alpha value is -1.81. The number of hydrogen-bond donors (Lipinski definition) is 0.